The van der Waals surface area contributed by atoms with Crippen LogP contribution < -0.4 is 11.1 Å². The monoisotopic (exact) mass is 593 g/mol. The zero-order valence-electron chi connectivity index (χ0n) is 23.4. The SMILES string of the molecule is NC1CCC(NC(=O)[C@H]2CC(N(Cc3ccc([N+](=O)[O-])cc3)Cc3cccs3)CCN2C(=O)c2ccc(F)cc2)CC1. The lowest BCUT2D eigenvalue weighted by molar-refractivity contribution is -0.384. The molecular formula is C31H36FN5O4S. The number of carbonyl (C=O) groups excluding carboxylic acids is 2. The van der Waals surface area contributed by atoms with Crippen molar-refractivity contribution in [2.45, 2.75) is 75.8 Å². The lowest BCUT2D eigenvalue weighted by atomic mass is 9.90. The highest BCUT2D eigenvalue weighted by molar-refractivity contribution is 7.09. The standard InChI is InChI=1S/C31H36FN5O4S/c32-23-7-5-22(6-8-23)31(39)36-16-15-27(18-29(36)30(38)34-25-11-9-24(33)10-12-25)35(20-28-2-1-17-42-28)19-21-3-13-26(14-4-21)37(40)41/h1-8,13-14,17,24-25,27,29H,9-12,15-16,18-20,33H2,(H,34,38)/t24?,25?,27?,29-/m1/s1. The van der Waals surface area contributed by atoms with Gasteiger partial charge in [-0.3, -0.25) is 24.6 Å². The quantitative estimate of drug-likeness (QED) is 0.270. The molecule has 1 aliphatic carbocycles. The number of benzene rings is 2. The lowest BCUT2D eigenvalue weighted by Gasteiger charge is -2.43. The number of rotatable bonds is 9. The molecule has 9 nitrogen and oxygen atoms in total. The van der Waals surface area contributed by atoms with E-state index in [9.17, 15) is 24.1 Å². The fourth-order valence-corrected chi connectivity index (χ4v) is 6.69. The molecule has 0 radical (unpaired) electrons. The Morgan fingerprint density at radius 1 is 1.02 bits per heavy atom. The molecule has 3 N–H and O–H groups in total. The highest BCUT2D eigenvalue weighted by atomic mass is 32.1. The maximum atomic E-state index is 13.8. The predicted octanol–water partition coefficient (Wildman–Crippen LogP) is 4.86. The van der Waals surface area contributed by atoms with Crippen molar-refractivity contribution in [2.24, 2.45) is 5.73 Å². The summed E-state index contributed by atoms with van der Waals surface area (Å²) >= 11 is 1.65. The molecule has 0 spiro atoms. The number of nitro groups is 1. The first-order valence-corrected chi connectivity index (χ1v) is 15.3. The Morgan fingerprint density at radius 3 is 2.38 bits per heavy atom. The number of thiophene rings is 1. The van der Waals surface area contributed by atoms with Gasteiger partial charge in [0.15, 0.2) is 0 Å². The van der Waals surface area contributed by atoms with Crippen molar-refractivity contribution >= 4 is 28.8 Å². The van der Waals surface area contributed by atoms with Gasteiger partial charge in [-0.2, -0.15) is 0 Å². The third-order valence-corrected chi connectivity index (χ3v) is 9.20. The average Bonchev–Trinajstić information content (AvgIpc) is 3.51. The van der Waals surface area contributed by atoms with Crippen molar-refractivity contribution < 1.29 is 18.9 Å². The number of likely N-dealkylation sites (tertiary alicyclic amines) is 1. The molecule has 42 heavy (non-hydrogen) atoms. The van der Waals surface area contributed by atoms with Crippen molar-refractivity contribution in [3.05, 3.63) is 98.0 Å². The molecule has 1 aromatic heterocycles. The van der Waals surface area contributed by atoms with Gasteiger partial charge in [0.25, 0.3) is 11.6 Å². The second kappa shape index (κ2) is 13.5. The zero-order chi connectivity index (χ0) is 29.6. The number of nitro benzene ring substituents is 1. The molecule has 1 unspecified atom stereocenters. The van der Waals surface area contributed by atoms with Crippen LogP contribution in [0.2, 0.25) is 0 Å². The van der Waals surface area contributed by atoms with Crippen LogP contribution in [-0.2, 0) is 17.9 Å². The predicted molar refractivity (Wildman–Crippen MR) is 159 cm³/mol. The Bertz CT molecular complexity index is 1360. The van der Waals surface area contributed by atoms with Crippen LogP contribution in [-0.4, -0.2) is 57.2 Å². The summed E-state index contributed by atoms with van der Waals surface area (Å²) in [7, 11) is 0. The Hall–Kier alpha value is -3.67. The second-order valence-corrected chi connectivity index (χ2v) is 12.3. The number of nitrogens with one attached hydrogen (secondary N) is 1. The van der Waals surface area contributed by atoms with Crippen molar-refractivity contribution in [3.63, 3.8) is 0 Å². The van der Waals surface area contributed by atoms with Gasteiger partial charge in [0.05, 0.1) is 4.92 Å². The number of hydrogen-bond donors (Lipinski definition) is 2. The van der Waals surface area contributed by atoms with E-state index in [0.717, 1.165) is 31.2 Å². The minimum Gasteiger partial charge on any atom is -0.352 e. The zero-order valence-corrected chi connectivity index (χ0v) is 24.2. The van der Waals surface area contributed by atoms with Crippen molar-refractivity contribution in [2.75, 3.05) is 6.54 Å². The van der Waals surface area contributed by atoms with Crippen LogP contribution in [0.5, 0.6) is 0 Å². The largest absolute Gasteiger partial charge is 0.352 e. The highest BCUT2D eigenvalue weighted by Gasteiger charge is 2.39. The summed E-state index contributed by atoms with van der Waals surface area (Å²) in [5.74, 6) is -0.896. The second-order valence-electron chi connectivity index (χ2n) is 11.2. The molecule has 11 heteroatoms. The molecule has 2 atom stereocenters. The first-order chi connectivity index (χ1) is 20.3. The van der Waals surface area contributed by atoms with E-state index in [2.05, 4.69) is 16.3 Å². The van der Waals surface area contributed by atoms with E-state index < -0.39 is 16.8 Å². The Balaban J connectivity index is 1.38. The van der Waals surface area contributed by atoms with Crippen molar-refractivity contribution in [3.8, 4) is 0 Å². The average molecular weight is 594 g/mol. The van der Waals surface area contributed by atoms with Gasteiger partial charge < -0.3 is 16.0 Å². The smallest absolute Gasteiger partial charge is 0.269 e. The van der Waals surface area contributed by atoms with Crippen LogP contribution in [0.25, 0.3) is 0 Å². The fourth-order valence-electron chi connectivity index (χ4n) is 5.96. The van der Waals surface area contributed by atoms with Crippen LogP contribution >= 0.6 is 11.3 Å². The maximum absolute atomic E-state index is 13.8. The number of non-ortho nitro benzene ring substituents is 1. The topological polar surface area (TPSA) is 122 Å². The molecule has 1 aliphatic heterocycles. The molecule has 1 saturated heterocycles. The molecule has 0 bridgehead atoms. The molecule has 222 valence electrons. The van der Waals surface area contributed by atoms with Gasteiger partial charge in [-0.1, -0.05) is 18.2 Å². The molecule has 2 heterocycles. The van der Waals surface area contributed by atoms with Crippen molar-refractivity contribution in [1.29, 1.82) is 0 Å². The molecule has 2 aromatic carbocycles. The van der Waals surface area contributed by atoms with Crippen molar-refractivity contribution in [1.82, 2.24) is 15.1 Å². The molecule has 3 aromatic rings. The van der Waals surface area contributed by atoms with E-state index >= 15 is 0 Å². The Labute approximate surface area is 248 Å². The van der Waals surface area contributed by atoms with Gasteiger partial charge in [0.1, 0.15) is 11.9 Å². The molecular weight excluding hydrogens is 557 g/mol. The third kappa shape index (κ3) is 7.39. The Kier molecular flexibility index (Phi) is 9.61. The number of carbonyl (C=O) groups is 2. The normalized spacial score (nSPS) is 22.6. The van der Waals surface area contributed by atoms with Crippen LogP contribution in [0.1, 0.15) is 59.3 Å². The van der Waals surface area contributed by atoms with Gasteiger partial charge in [-0.25, -0.2) is 4.39 Å². The maximum Gasteiger partial charge on any atom is 0.269 e. The van der Waals surface area contributed by atoms with Gasteiger partial charge in [0.2, 0.25) is 5.91 Å². The summed E-state index contributed by atoms with van der Waals surface area (Å²) in [6.07, 6.45) is 4.39. The minimum absolute atomic E-state index is 0.0165. The van der Waals surface area contributed by atoms with Crippen LogP contribution in [0.4, 0.5) is 10.1 Å². The number of halogens is 1. The van der Waals surface area contributed by atoms with Gasteiger partial charge >= 0.3 is 0 Å². The number of nitrogens with two attached hydrogens (primary N) is 1. The van der Waals surface area contributed by atoms with Crippen LogP contribution in [0, 0.1) is 15.9 Å². The number of nitrogens with zero attached hydrogens (tertiary/aromatic N) is 3. The summed E-state index contributed by atoms with van der Waals surface area (Å²) in [6.45, 7) is 1.57. The van der Waals surface area contributed by atoms with Crippen LogP contribution in [0.15, 0.2) is 66.0 Å². The number of piperidine rings is 1. The minimum atomic E-state index is -0.695. The lowest BCUT2D eigenvalue weighted by Crippen LogP contribution is -2.58. The number of amides is 2. The summed E-state index contributed by atoms with van der Waals surface area (Å²) in [5.41, 5.74) is 7.39. The third-order valence-electron chi connectivity index (χ3n) is 8.34. The summed E-state index contributed by atoms with van der Waals surface area (Å²) < 4.78 is 13.6. The summed E-state index contributed by atoms with van der Waals surface area (Å²) in [5, 5.41) is 16.4. The first-order valence-electron chi connectivity index (χ1n) is 14.4. The van der Waals surface area contributed by atoms with Gasteiger partial charge in [-0.05, 0) is 79.8 Å². The first kappa shape index (κ1) is 29.8. The van der Waals surface area contributed by atoms with E-state index in [0.29, 0.717) is 38.0 Å². The van der Waals surface area contributed by atoms with E-state index in [1.54, 1.807) is 28.4 Å². The van der Waals surface area contributed by atoms with Crippen LogP contribution in [0.3, 0.4) is 0 Å². The highest BCUT2D eigenvalue weighted by Crippen LogP contribution is 2.29. The summed E-state index contributed by atoms with van der Waals surface area (Å²) in [6, 6.07) is 15.5. The van der Waals surface area contributed by atoms with Gasteiger partial charge in [0, 0.05) is 60.3 Å². The van der Waals surface area contributed by atoms with E-state index in [4.69, 9.17) is 5.73 Å². The van der Waals surface area contributed by atoms with E-state index in [1.807, 2.05) is 11.4 Å². The van der Waals surface area contributed by atoms with E-state index in [1.165, 1.54) is 41.3 Å². The van der Waals surface area contributed by atoms with Gasteiger partial charge in [-0.15, -0.1) is 11.3 Å². The fraction of sp³-hybridized carbons (Fsp3) is 0.419. The summed E-state index contributed by atoms with van der Waals surface area (Å²) in [4.78, 5) is 43.3. The molecule has 2 aliphatic rings. The molecule has 2 amide bonds. The molecule has 5 rings (SSSR count). The Morgan fingerprint density at radius 2 is 1.74 bits per heavy atom. The molecule has 2 fully saturated rings. The van der Waals surface area contributed by atoms with E-state index in [-0.39, 0.29) is 35.6 Å². The number of hydrogen-bond acceptors (Lipinski definition) is 7. The molecule has 1 saturated carbocycles.